The molecule has 1 aromatic heterocycles. The zero-order chi connectivity index (χ0) is 29.4. The van der Waals surface area contributed by atoms with Crippen molar-refractivity contribution in [3.05, 3.63) is 76.9 Å². The molecule has 0 saturated carbocycles. The number of carbonyl (C=O) groups is 1. The predicted molar refractivity (Wildman–Crippen MR) is 150 cm³/mol. The molecule has 0 amide bonds. The summed E-state index contributed by atoms with van der Waals surface area (Å²) in [5.74, 6) is 0.923. The average Bonchev–Trinajstić information content (AvgIpc) is 3.38. The van der Waals surface area contributed by atoms with Gasteiger partial charge in [0.15, 0.2) is 12.7 Å². The number of nitrogens with zero attached hydrogens (tertiary/aromatic N) is 2. The summed E-state index contributed by atoms with van der Waals surface area (Å²) in [7, 11) is 0. The molecule has 1 aromatic carbocycles. The molecule has 3 atom stereocenters. The highest BCUT2D eigenvalue weighted by Gasteiger charge is 2.26. The van der Waals surface area contributed by atoms with Gasteiger partial charge in [-0.05, 0) is 69.5 Å². The number of ether oxygens (including phenoxy) is 4. The van der Waals surface area contributed by atoms with Gasteiger partial charge in [0.05, 0.1) is 6.10 Å². The van der Waals surface area contributed by atoms with Crippen LogP contribution in [-0.4, -0.2) is 54.3 Å². The Hall–Kier alpha value is -3.96. The number of oxazole rings is 1. The summed E-state index contributed by atoms with van der Waals surface area (Å²) in [6.45, 7) is 7.04. The SMILES string of the molecule is CCOC(Cc1ccc(OCc2nc(C3=CNC(OC(C)C)N=C3)c(C3C=CC(OCF)=CC3)o2)cc1C)C(=O)O. The first-order valence-corrected chi connectivity index (χ1v) is 13.6. The lowest BCUT2D eigenvalue weighted by atomic mass is 9.94. The molecule has 2 N–H and O–H groups in total. The van der Waals surface area contributed by atoms with Crippen molar-refractivity contribution in [3.8, 4) is 5.75 Å². The van der Waals surface area contributed by atoms with Gasteiger partial charge in [0.25, 0.3) is 0 Å². The maximum absolute atomic E-state index is 12.6. The van der Waals surface area contributed by atoms with E-state index in [9.17, 15) is 14.3 Å². The van der Waals surface area contributed by atoms with Crippen molar-refractivity contribution in [1.82, 2.24) is 10.3 Å². The number of aliphatic imine (C=N–C) groups is 1. The fourth-order valence-electron chi connectivity index (χ4n) is 4.46. The van der Waals surface area contributed by atoms with Gasteiger partial charge in [0.1, 0.15) is 23.0 Å². The highest BCUT2D eigenvalue weighted by atomic mass is 19.1. The van der Waals surface area contributed by atoms with E-state index >= 15 is 0 Å². The molecule has 0 fully saturated rings. The van der Waals surface area contributed by atoms with Gasteiger partial charge in [-0.15, -0.1) is 0 Å². The second-order valence-electron chi connectivity index (χ2n) is 9.83. The summed E-state index contributed by atoms with van der Waals surface area (Å²) in [6, 6.07) is 5.47. The van der Waals surface area contributed by atoms with E-state index in [2.05, 4.69) is 10.3 Å². The Balaban J connectivity index is 1.50. The minimum absolute atomic E-state index is 0.00633. The summed E-state index contributed by atoms with van der Waals surface area (Å²) in [4.78, 5) is 20.6. The highest BCUT2D eigenvalue weighted by molar-refractivity contribution is 6.09. The first-order chi connectivity index (χ1) is 19.8. The van der Waals surface area contributed by atoms with E-state index in [-0.39, 0.29) is 25.0 Å². The summed E-state index contributed by atoms with van der Waals surface area (Å²) >= 11 is 0. The standard InChI is InChI=1S/C30H36FN3O7/c1-5-37-25(29(35)36)13-21-8-11-24(12-19(21)4)38-16-26-34-27(22-14-32-30(33-15-22)40-18(2)3)28(41-26)20-6-9-23(10-7-20)39-17-31/h6,8-12,14-15,18,20,25,30,32H,5,7,13,16-17H2,1-4H3,(H,35,36). The summed E-state index contributed by atoms with van der Waals surface area (Å²) < 4.78 is 40.8. The summed E-state index contributed by atoms with van der Waals surface area (Å²) in [6.07, 6.45) is 8.34. The normalized spacial score (nSPS) is 19.0. The number of aromatic nitrogens is 1. The second-order valence-corrected chi connectivity index (χ2v) is 9.83. The maximum atomic E-state index is 12.6. The minimum Gasteiger partial charge on any atom is -0.484 e. The average molecular weight is 570 g/mol. The smallest absolute Gasteiger partial charge is 0.333 e. The third kappa shape index (κ3) is 8.05. The van der Waals surface area contributed by atoms with Crippen LogP contribution in [0.2, 0.25) is 0 Å². The molecule has 0 bridgehead atoms. The van der Waals surface area contributed by atoms with Crippen LogP contribution in [0.3, 0.4) is 0 Å². The summed E-state index contributed by atoms with van der Waals surface area (Å²) in [5.41, 5.74) is 3.09. The lowest BCUT2D eigenvalue weighted by Crippen LogP contribution is -2.31. The number of hydrogen-bond donors (Lipinski definition) is 2. The molecule has 0 saturated heterocycles. The molecule has 11 heteroatoms. The highest BCUT2D eigenvalue weighted by Crippen LogP contribution is 2.34. The fraction of sp³-hybridized carbons (Fsp3) is 0.433. The van der Waals surface area contributed by atoms with Crippen LogP contribution < -0.4 is 10.1 Å². The molecule has 2 heterocycles. The van der Waals surface area contributed by atoms with Crippen molar-refractivity contribution in [2.45, 2.75) is 71.6 Å². The topological polar surface area (TPSA) is 125 Å². The molecule has 1 aliphatic carbocycles. The quantitative estimate of drug-likeness (QED) is 0.316. The number of nitrogens with one attached hydrogen (secondary N) is 1. The fourth-order valence-corrected chi connectivity index (χ4v) is 4.46. The monoisotopic (exact) mass is 569 g/mol. The molecular formula is C30H36FN3O7. The molecule has 1 aliphatic heterocycles. The Bertz CT molecular complexity index is 1330. The lowest BCUT2D eigenvalue weighted by Gasteiger charge is -2.20. The van der Waals surface area contributed by atoms with Crippen molar-refractivity contribution in [2.24, 2.45) is 4.99 Å². The van der Waals surface area contributed by atoms with Crippen molar-refractivity contribution in [1.29, 1.82) is 0 Å². The second kappa shape index (κ2) is 14.1. The number of allylic oxidation sites excluding steroid dienone is 4. The van der Waals surface area contributed by atoms with E-state index in [1.807, 2.05) is 45.1 Å². The molecule has 3 unspecified atom stereocenters. The van der Waals surface area contributed by atoms with Gasteiger partial charge in [-0.1, -0.05) is 12.1 Å². The van der Waals surface area contributed by atoms with Gasteiger partial charge < -0.3 is 33.8 Å². The Morgan fingerprint density at radius 3 is 2.73 bits per heavy atom. The van der Waals surface area contributed by atoms with E-state index < -0.39 is 25.3 Å². The molecule has 0 spiro atoms. The van der Waals surface area contributed by atoms with Crippen molar-refractivity contribution in [2.75, 3.05) is 13.5 Å². The van der Waals surface area contributed by atoms with Crippen LogP contribution in [0.15, 0.2) is 57.8 Å². The number of aliphatic carboxylic acids is 1. The molecule has 2 aliphatic rings. The largest absolute Gasteiger partial charge is 0.484 e. The molecule has 4 rings (SSSR count). The molecule has 2 aromatic rings. The van der Waals surface area contributed by atoms with Gasteiger partial charge in [0.2, 0.25) is 19.1 Å². The third-order valence-electron chi connectivity index (χ3n) is 6.45. The van der Waals surface area contributed by atoms with Crippen LogP contribution >= 0.6 is 0 Å². The number of halogens is 1. The van der Waals surface area contributed by atoms with E-state index in [4.69, 9.17) is 28.3 Å². The zero-order valence-electron chi connectivity index (χ0n) is 23.6. The van der Waals surface area contributed by atoms with E-state index in [1.54, 1.807) is 31.5 Å². The Morgan fingerprint density at radius 2 is 2.12 bits per heavy atom. The van der Waals surface area contributed by atoms with E-state index in [1.165, 1.54) is 0 Å². The van der Waals surface area contributed by atoms with Crippen molar-refractivity contribution >= 4 is 17.8 Å². The first kappa shape index (κ1) is 30.0. The van der Waals surface area contributed by atoms with Gasteiger partial charge >= 0.3 is 5.97 Å². The third-order valence-corrected chi connectivity index (χ3v) is 6.45. The number of carboxylic acid groups (broad SMARTS) is 1. The number of hydrogen-bond acceptors (Lipinski definition) is 9. The number of rotatable bonds is 14. The number of benzene rings is 1. The van der Waals surface area contributed by atoms with E-state index in [0.29, 0.717) is 41.9 Å². The number of carboxylic acids is 1. The maximum Gasteiger partial charge on any atom is 0.333 e. The van der Waals surface area contributed by atoms with Gasteiger partial charge in [0, 0.05) is 36.9 Å². The summed E-state index contributed by atoms with van der Waals surface area (Å²) in [5, 5.41) is 12.5. The molecule has 10 nitrogen and oxygen atoms in total. The Morgan fingerprint density at radius 1 is 1.29 bits per heavy atom. The predicted octanol–water partition coefficient (Wildman–Crippen LogP) is 5.19. The van der Waals surface area contributed by atoms with Crippen molar-refractivity contribution in [3.63, 3.8) is 0 Å². The zero-order valence-corrected chi connectivity index (χ0v) is 23.6. The minimum atomic E-state index is -0.993. The van der Waals surface area contributed by atoms with E-state index in [0.717, 1.165) is 16.7 Å². The molecule has 220 valence electrons. The van der Waals surface area contributed by atoms with Crippen LogP contribution in [0.25, 0.3) is 5.57 Å². The van der Waals surface area contributed by atoms with Crippen LogP contribution in [0, 0.1) is 6.92 Å². The number of aryl methyl sites for hydroxylation is 1. The van der Waals surface area contributed by atoms with Gasteiger partial charge in [-0.25, -0.2) is 19.2 Å². The van der Waals surface area contributed by atoms with Crippen LogP contribution in [-0.2, 0) is 32.0 Å². The molecular weight excluding hydrogens is 533 g/mol. The number of alkyl halides is 1. The first-order valence-electron chi connectivity index (χ1n) is 13.6. The molecule has 0 radical (unpaired) electrons. The Labute approximate surface area is 238 Å². The lowest BCUT2D eigenvalue weighted by molar-refractivity contribution is -0.149. The van der Waals surface area contributed by atoms with Crippen LogP contribution in [0.5, 0.6) is 5.75 Å². The van der Waals surface area contributed by atoms with Crippen LogP contribution in [0.1, 0.15) is 61.6 Å². The molecule has 41 heavy (non-hydrogen) atoms. The van der Waals surface area contributed by atoms with Gasteiger partial charge in [-0.3, -0.25) is 0 Å². The van der Waals surface area contributed by atoms with Crippen molar-refractivity contribution < 1.29 is 37.7 Å². The van der Waals surface area contributed by atoms with Crippen LogP contribution in [0.4, 0.5) is 4.39 Å². The van der Waals surface area contributed by atoms with Gasteiger partial charge in [-0.2, -0.15) is 0 Å². The Kier molecular flexibility index (Phi) is 10.3.